The lowest BCUT2D eigenvalue weighted by molar-refractivity contribution is 0.177. The average molecular weight is 269 g/mol. The van der Waals surface area contributed by atoms with Gasteiger partial charge in [-0.15, -0.1) is 0 Å². The molecule has 0 aliphatic heterocycles. The molecule has 0 aliphatic carbocycles. The molecule has 18 heavy (non-hydrogen) atoms. The van der Waals surface area contributed by atoms with Crippen LogP contribution in [0.3, 0.4) is 0 Å². The van der Waals surface area contributed by atoms with E-state index in [0.717, 1.165) is 5.56 Å². The first-order valence-electron chi connectivity index (χ1n) is 5.60. The van der Waals surface area contributed by atoms with E-state index in [1.807, 2.05) is 0 Å². The number of halogens is 2. The number of hydrogen-bond donors (Lipinski definition) is 1. The van der Waals surface area contributed by atoms with Crippen LogP contribution in [0.15, 0.2) is 24.3 Å². The van der Waals surface area contributed by atoms with Gasteiger partial charge in [-0.25, -0.2) is 4.39 Å². The molecule has 1 N–H and O–H groups in total. The third-order valence-corrected chi connectivity index (χ3v) is 3.30. The molecule has 0 spiro atoms. The van der Waals surface area contributed by atoms with E-state index in [1.54, 1.807) is 26.1 Å². The summed E-state index contributed by atoms with van der Waals surface area (Å²) in [6.45, 7) is 1.79. The van der Waals surface area contributed by atoms with Crippen LogP contribution < -0.4 is 0 Å². The topological polar surface area (TPSA) is 38.0 Å². The summed E-state index contributed by atoms with van der Waals surface area (Å²) >= 11 is 6.07. The van der Waals surface area contributed by atoms with Gasteiger partial charge in [0.05, 0.1) is 11.8 Å². The molecule has 1 unspecified atom stereocenters. The van der Waals surface area contributed by atoms with Gasteiger partial charge in [-0.3, -0.25) is 4.68 Å². The zero-order valence-electron chi connectivity index (χ0n) is 10.2. The second-order valence-electron chi connectivity index (χ2n) is 4.26. The van der Waals surface area contributed by atoms with E-state index in [2.05, 4.69) is 5.10 Å². The van der Waals surface area contributed by atoms with Crippen LogP contribution in [-0.2, 0) is 13.5 Å². The van der Waals surface area contributed by atoms with Crippen LogP contribution in [-0.4, -0.2) is 14.9 Å². The Hall–Kier alpha value is -1.39. The summed E-state index contributed by atoms with van der Waals surface area (Å²) in [5.74, 6) is -0.311. The Morgan fingerprint density at radius 1 is 1.50 bits per heavy atom. The molecule has 96 valence electrons. The molecular weight excluding hydrogens is 255 g/mol. The molecule has 0 aliphatic rings. The summed E-state index contributed by atoms with van der Waals surface area (Å²) in [4.78, 5) is 0. The Kier molecular flexibility index (Phi) is 3.68. The van der Waals surface area contributed by atoms with Crippen molar-refractivity contribution in [3.05, 3.63) is 52.1 Å². The van der Waals surface area contributed by atoms with E-state index in [1.165, 1.54) is 16.8 Å². The molecule has 2 rings (SSSR count). The molecule has 0 amide bonds. The summed E-state index contributed by atoms with van der Waals surface area (Å²) in [7, 11) is 1.72. The van der Waals surface area contributed by atoms with Gasteiger partial charge in [-0.05, 0) is 24.6 Å². The minimum atomic E-state index is -0.784. The standard InChI is InChI=1S/C13H14ClFN2O/c1-8-12(13(14)17(2)16-8)11(18)7-9-4-3-5-10(15)6-9/h3-6,11,18H,7H2,1-2H3. The van der Waals surface area contributed by atoms with Crippen molar-refractivity contribution in [2.24, 2.45) is 7.05 Å². The molecule has 1 aromatic carbocycles. The summed E-state index contributed by atoms with van der Waals surface area (Å²) < 4.78 is 14.6. The first-order chi connectivity index (χ1) is 8.49. The number of aliphatic hydroxyl groups excluding tert-OH is 1. The quantitative estimate of drug-likeness (QED) is 0.930. The summed E-state index contributed by atoms with van der Waals surface area (Å²) in [5, 5.41) is 14.7. The molecule has 0 fully saturated rings. The molecule has 3 nitrogen and oxygen atoms in total. The molecule has 0 saturated heterocycles. The minimum absolute atomic E-state index is 0.310. The van der Waals surface area contributed by atoms with Crippen LogP contribution in [0.4, 0.5) is 4.39 Å². The van der Waals surface area contributed by atoms with Crippen molar-refractivity contribution in [1.29, 1.82) is 0 Å². The van der Waals surface area contributed by atoms with Crippen molar-refractivity contribution in [3.63, 3.8) is 0 Å². The number of aromatic nitrogens is 2. The summed E-state index contributed by atoms with van der Waals surface area (Å²) in [6, 6.07) is 6.17. The van der Waals surface area contributed by atoms with Gasteiger partial charge >= 0.3 is 0 Å². The van der Waals surface area contributed by atoms with E-state index in [9.17, 15) is 9.50 Å². The van der Waals surface area contributed by atoms with E-state index < -0.39 is 6.10 Å². The summed E-state index contributed by atoms with van der Waals surface area (Å²) in [5.41, 5.74) is 2.01. The van der Waals surface area contributed by atoms with Crippen LogP contribution in [0.25, 0.3) is 0 Å². The lowest BCUT2D eigenvalue weighted by Crippen LogP contribution is -2.03. The van der Waals surface area contributed by atoms with Crippen LogP contribution in [0.5, 0.6) is 0 Å². The van der Waals surface area contributed by atoms with Gasteiger partial charge in [-0.1, -0.05) is 23.7 Å². The van der Waals surface area contributed by atoms with Crippen molar-refractivity contribution < 1.29 is 9.50 Å². The first-order valence-corrected chi connectivity index (χ1v) is 5.98. The fraction of sp³-hybridized carbons (Fsp3) is 0.308. The normalized spacial score (nSPS) is 12.7. The van der Waals surface area contributed by atoms with E-state index in [0.29, 0.717) is 22.8 Å². The minimum Gasteiger partial charge on any atom is -0.388 e. The number of hydrogen-bond acceptors (Lipinski definition) is 2. The fourth-order valence-electron chi connectivity index (χ4n) is 2.01. The molecule has 1 heterocycles. The second kappa shape index (κ2) is 5.08. The first kappa shape index (κ1) is 13.1. The van der Waals surface area contributed by atoms with Crippen LogP contribution in [0.2, 0.25) is 5.15 Å². The molecule has 0 bridgehead atoms. The predicted octanol–water partition coefficient (Wildman–Crippen LogP) is 2.80. The molecule has 0 radical (unpaired) electrons. The lowest BCUT2D eigenvalue weighted by atomic mass is 10.0. The van der Waals surface area contributed by atoms with Gasteiger partial charge in [0.25, 0.3) is 0 Å². The number of aryl methyl sites for hydroxylation is 2. The number of rotatable bonds is 3. The van der Waals surface area contributed by atoms with Crippen molar-refractivity contribution in [2.75, 3.05) is 0 Å². The zero-order valence-corrected chi connectivity index (χ0v) is 10.9. The number of nitrogens with zero attached hydrogens (tertiary/aromatic N) is 2. The fourth-order valence-corrected chi connectivity index (χ4v) is 2.31. The lowest BCUT2D eigenvalue weighted by Gasteiger charge is -2.10. The zero-order chi connectivity index (χ0) is 13.3. The Bertz CT molecular complexity index is 568. The summed E-state index contributed by atoms with van der Waals surface area (Å²) in [6.07, 6.45) is -0.475. The van der Waals surface area contributed by atoms with Gasteiger partial charge in [0.1, 0.15) is 11.0 Å². The van der Waals surface area contributed by atoms with E-state index >= 15 is 0 Å². The third-order valence-electron chi connectivity index (χ3n) is 2.85. The average Bonchev–Trinajstić information content (AvgIpc) is 2.53. The third kappa shape index (κ3) is 2.54. The van der Waals surface area contributed by atoms with Gasteiger partial charge in [0, 0.05) is 19.0 Å². The largest absolute Gasteiger partial charge is 0.388 e. The van der Waals surface area contributed by atoms with E-state index in [-0.39, 0.29) is 5.82 Å². The maximum absolute atomic E-state index is 13.1. The van der Waals surface area contributed by atoms with Gasteiger partial charge in [0.2, 0.25) is 0 Å². The smallest absolute Gasteiger partial charge is 0.132 e. The molecule has 0 saturated carbocycles. The number of benzene rings is 1. The van der Waals surface area contributed by atoms with Crippen LogP contribution in [0.1, 0.15) is 22.9 Å². The highest BCUT2D eigenvalue weighted by atomic mass is 35.5. The Morgan fingerprint density at radius 2 is 2.22 bits per heavy atom. The van der Waals surface area contributed by atoms with Crippen LogP contribution >= 0.6 is 11.6 Å². The predicted molar refractivity (Wildman–Crippen MR) is 68.0 cm³/mol. The number of aliphatic hydroxyl groups is 1. The maximum Gasteiger partial charge on any atom is 0.132 e. The monoisotopic (exact) mass is 268 g/mol. The van der Waals surface area contributed by atoms with Crippen LogP contribution in [0, 0.1) is 12.7 Å². The van der Waals surface area contributed by atoms with Crippen molar-refractivity contribution >= 4 is 11.6 Å². The van der Waals surface area contributed by atoms with E-state index in [4.69, 9.17) is 11.6 Å². The molecule has 1 atom stereocenters. The maximum atomic E-state index is 13.1. The van der Waals surface area contributed by atoms with Crippen molar-refractivity contribution in [2.45, 2.75) is 19.4 Å². The molecular formula is C13H14ClFN2O. The van der Waals surface area contributed by atoms with Crippen molar-refractivity contribution in [3.8, 4) is 0 Å². The SMILES string of the molecule is Cc1nn(C)c(Cl)c1C(O)Cc1cccc(F)c1. The Balaban J connectivity index is 2.24. The highest BCUT2D eigenvalue weighted by Gasteiger charge is 2.19. The highest BCUT2D eigenvalue weighted by molar-refractivity contribution is 6.30. The van der Waals surface area contributed by atoms with Gasteiger partial charge in [-0.2, -0.15) is 5.10 Å². The van der Waals surface area contributed by atoms with Crippen molar-refractivity contribution in [1.82, 2.24) is 9.78 Å². The highest BCUT2D eigenvalue weighted by Crippen LogP contribution is 2.28. The Labute approximate surface area is 110 Å². The van der Waals surface area contributed by atoms with Gasteiger partial charge < -0.3 is 5.11 Å². The molecule has 2 aromatic rings. The molecule has 1 aromatic heterocycles. The second-order valence-corrected chi connectivity index (χ2v) is 4.62. The molecule has 5 heteroatoms. The van der Waals surface area contributed by atoms with Gasteiger partial charge in [0.15, 0.2) is 0 Å². The Morgan fingerprint density at radius 3 is 2.78 bits per heavy atom.